The van der Waals surface area contributed by atoms with Gasteiger partial charge in [0.2, 0.25) is 0 Å². The second kappa shape index (κ2) is 7.77. The highest BCUT2D eigenvalue weighted by molar-refractivity contribution is 5.96. The van der Waals surface area contributed by atoms with Crippen LogP contribution in [0.2, 0.25) is 0 Å². The Balaban J connectivity index is 2.23. The van der Waals surface area contributed by atoms with E-state index in [-0.39, 0.29) is 11.6 Å². The molecule has 0 atom stereocenters. The van der Waals surface area contributed by atoms with Gasteiger partial charge >= 0.3 is 0 Å². The molecule has 0 bridgehead atoms. The fourth-order valence-electron chi connectivity index (χ4n) is 1.71. The summed E-state index contributed by atoms with van der Waals surface area (Å²) in [6, 6.07) is 9.26. The number of carbonyl (C=O) groups excluding carboxylic acids is 2. The zero-order valence-electron chi connectivity index (χ0n) is 10.4. The number of carbonyl (C=O) groups is 2. The van der Waals surface area contributed by atoms with Crippen LogP contribution >= 0.6 is 0 Å². The lowest BCUT2D eigenvalue weighted by molar-refractivity contribution is -0.119. The molecule has 0 spiro atoms. The third kappa shape index (κ3) is 5.43. The molecule has 1 rings (SSSR count). The largest absolute Gasteiger partial charge is 0.300 e. The molecular weight excluding hydrogens is 212 g/mol. The van der Waals surface area contributed by atoms with Gasteiger partial charge in [-0.2, -0.15) is 0 Å². The van der Waals surface area contributed by atoms with Gasteiger partial charge in [-0.05, 0) is 12.8 Å². The SMILES string of the molecule is CCCCC(=O)CCCC(=O)c1ccccc1. The minimum atomic E-state index is 0.133. The molecule has 0 aromatic heterocycles. The van der Waals surface area contributed by atoms with Crippen molar-refractivity contribution in [2.45, 2.75) is 45.4 Å². The van der Waals surface area contributed by atoms with Crippen molar-refractivity contribution in [1.29, 1.82) is 0 Å². The van der Waals surface area contributed by atoms with Gasteiger partial charge in [0.05, 0.1) is 0 Å². The van der Waals surface area contributed by atoms with Crippen molar-refractivity contribution in [3.05, 3.63) is 35.9 Å². The van der Waals surface area contributed by atoms with Crippen LogP contribution < -0.4 is 0 Å². The standard InChI is InChI=1S/C15H20O2/c1-2-3-10-14(16)11-7-12-15(17)13-8-5-4-6-9-13/h4-6,8-9H,2-3,7,10-12H2,1H3. The van der Waals surface area contributed by atoms with Gasteiger partial charge < -0.3 is 0 Å². The fraction of sp³-hybridized carbons (Fsp3) is 0.467. The number of ketones is 2. The van der Waals surface area contributed by atoms with Crippen LogP contribution in [0.1, 0.15) is 55.8 Å². The van der Waals surface area contributed by atoms with E-state index in [2.05, 4.69) is 6.92 Å². The molecule has 0 amide bonds. The van der Waals surface area contributed by atoms with Gasteiger partial charge in [0.15, 0.2) is 5.78 Å². The smallest absolute Gasteiger partial charge is 0.162 e. The Labute approximate surface area is 103 Å². The molecule has 17 heavy (non-hydrogen) atoms. The highest BCUT2D eigenvalue weighted by Gasteiger charge is 2.06. The Hall–Kier alpha value is -1.44. The highest BCUT2D eigenvalue weighted by Crippen LogP contribution is 2.08. The first-order valence-electron chi connectivity index (χ1n) is 6.34. The Morgan fingerprint density at radius 1 is 0.941 bits per heavy atom. The number of Topliss-reactive ketones (excluding diaryl/α,β-unsaturated/α-hetero) is 2. The van der Waals surface area contributed by atoms with Gasteiger partial charge in [-0.1, -0.05) is 43.7 Å². The second-order valence-electron chi connectivity index (χ2n) is 4.28. The molecule has 0 unspecified atom stereocenters. The van der Waals surface area contributed by atoms with E-state index in [1.54, 1.807) is 0 Å². The molecule has 0 fully saturated rings. The van der Waals surface area contributed by atoms with Gasteiger partial charge in [-0.25, -0.2) is 0 Å². The Morgan fingerprint density at radius 3 is 2.24 bits per heavy atom. The molecule has 1 aromatic carbocycles. The maximum atomic E-state index is 11.7. The summed E-state index contributed by atoms with van der Waals surface area (Å²) in [6.45, 7) is 2.08. The van der Waals surface area contributed by atoms with Gasteiger partial charge in [-0.3, -0.25) is 9.59 Å². The summed E-state index contributed by atoms with van der Waals surface area (Å²) in [5.74, 6) is 0.418. The molecule has 0 saturated carbocycles. The summed E-state index contributed by atoms with van der Waals surface area (Å²) in [6.07, 6.45) is 4.37. The lowest BCUT2D eigenvalue weighted by Crippen LogP contribution is -2.02. The number of hydrogen-bond donors (Lipinski definition) is 0. The van der Waals surface area contributed by atoms with Gasteiger partial charge in [0, 0.05) is 24.8 Å². The summed E-state index contributed by atoms with van der Waals surface area (Å²) in [4.78, 5) is 23.1. The van der Waals surface area contributed by atoms with Crippen LogP contribution in [0.15, 0.2) is 30.3 Å². The quantitative estimate of drug-likeness (QED) is 0.639. The van der Waals surface area contributed by atoms with E-state index in [1.807, 2.05) is 30.3 Å². The molecule has 0 heterocycles. The molecule has 0 aliphatic carbocycles. The zero-order valence-corrected chi connectivity index (χ0v) is 10.4. The predicted octanol–water partition coefficient (Wildman–Crippen LogP) is 3.80. The van der Waals surface area contributed by atoms with E-state index >= 15 is 0 Å². The maximum absolute atomic E-state index is 11.7. The molecule has 2 heteroatoms. The van der Waals surface area contributed by atoms with E-state index in [0.717, 1.165) is 18.4 Å². The maximum Gasteiger partial charge on any atom is 0.162 e. The zero-order chi connectivity index (χ0) is 12.5. The molecule has 0 aliphatic rings. The number of hydrogen-bond acceptors (Lipinski definition) is 2. The number of benzene rings is 1. The van der Waals surface area contributed by atoms with Crippen molar-refractivity contribution in [2.24, 2.45) is 0 Å². The molecule has 2 nitrogen and oxygen atoms in total. The third-order valence-electron chi connectivity index (χ3n) is 2.76. The molecule has 92 valence electrons. The van der Waals surface area contributed by atoms with Crippen molar-refractivity contribution in [1.82, 2.24) is 0 Å². The summed E-state index contributed by atoms with van der Waals surface area (Å²) >= 11 is 0. The van der Waals surface area contributed by atoms with Crippen LogP contribution in [0.5, 0.6) is 0 Å². The first kappa shape index (κ1) is 13.6. The monoisotopic (exact) mass is 232 g/mol. The first-order chi connectivity index (χ1) is 8.24. The van der Waals surface area contributed by atoms with Gasteiger partial charge in [-0.15, -0.1) is 0 Å². The molecular formula is C15H20O2. The van der Waals surface area contributed by atoms with Crippen LogP contribution in [0.3, 0.4) is 0 Å². The third-order valence-corrected chi connectivity index (χ3v) is 2.76. The highest BCUT2D eigenvalue weighted by atomic mass is 16.1. The van der Waals surface area contributed by atoms with Crippen molar-refractivity contribution >= 4 is 11.6 Å². The van der Waals surface area contributed by atoms with Gasteiger partial charge in [0.1, 0.15) is 5.78 Å². The average Bonchev–Trinajstić information content (AvgIpc) is 2.37. The summed E-state index contributed by atoms with van der Waals surface area (Å²) in [5, 5.41) is 0. The topological polar surface area (TPSA) is 34.1 Å². The minimum absolute atomic E-state index is 0.133. The summed E-state index contributed by atoms with van der Waals surface area (Å²) in [7, 11) is 0. The van der Waals surface area contributed by atoms with Crippen LogP contribution in [-0.4, -0.2) is 11.6 Å². The minimum Gasteiger partial charge on any atom is -0.300 e. The molecule has 0 radical (unpaired) electrons. The Morgan fingerprint density at radius 2 is 1.59 bits per heavy atom. The Kier molecular flexibility index (Phi) is 6.23. The van der Waals surface area contributed by atoms with Gasteiger partial charge in [0.25, 0.3) is 0 Å². The molecule has 1 aromatic rings. The van der Waals surface area contributed by atoms with E-state index in [4.69, 9.17) is 0 Å². The summed E-state index contributed by atoms with van der Waals surface area (Å²) in [5.41, 5.74) is 0.744. The fourth-order valence-corrected chi connectivity index (χ4v) is 1.71. The van der Waals surface area contributed by atoms with Crippen molar-refractivity contribution in [2.75, 3.05) is 0 Å². The Bertz CT molecular complexity index is 354. The van der Waals surface area contributed by atoms with E-state index < -0.39 is 0 Å². The summed E-state index contributed by atoms with van der Waals surface area (Å²) < 4.78 is 0. The second-order valence-corrected chi connectivity index (χ2v) is 4.28. The number of unbranched alkanes of at least 4 members (excludes halogenated alkanes) is 1. The lowest BCUT2D eigenvalue weighted by Gasteiger charge is -2.01. The van der Waals surface area contributed by atoms with Crippen molar-refractivity contribution in [3.63, 3.8) is 0 Å². The molecule has 0 N–H and O–H groups in total. The van der Waals surface area contributed by atoms with E-state index in [1.165, 1.54) is 0 Å². The predicted molar refractivity (Wildman–Crippen MR) is 69.2 cm³/mol. The lowest BCUT2D eigenvalue weighted by atomic mass is 10.0. The normalized spacial score (nSPS) is 10.2. The molecule has 0 saturated heterocycles. The van der Waals surface area contributed by atoms with Crippen LogP contribution in [-0.2, 0) is 4.79 Å². The van der Waals surface area contributed by atoms with Crippen LogP contribution in [0, 0.1) is 0 Å². The molecule has 0 aliphatic heterocycles. The van der Waals surface area contributed by atoms with E-state index in [0.29, 0.717) is 25.7 Å². The van der Waals surface area contributed by atoms with Crippen molar-refractivity contribution < 1.29 is 9.59 Å². The van der Waals surface area contributed by atoms with Crippen molar-refractivity contribution in [3.8, 4) is 0 Å². The first-order valence-corrected chi connectivity index (χ1v) is 6.34. The van der Waals surface area contributed by atoms with E-state index in [9.17, 15) is 9.59 Å². The van der Waals surface area contributed by atoms with Crippen LogP contribution in [0.4, 0.5) is 0 Å². The van der Waals surface area contributed by atoms with Crippen LogP contribution in [0.25, 0.3) is 0 Å². The number of rotatable bonds is 8. The average molecular weight is 232 g/mol.